The van der Waals surface area contributed by atoms with Crippen molar-refractivity contribution in [2.45, 2.75) is 83.7 Å². The number of hydrogen-bond donors (Lipinski definition) is 0. The number of esters is 1. The maximum atomic E-state index is 11.4. The van der Waals surface area contributed by atoms with Crippen LogP contribution >= 0.6 is 11.6 Å². The summed E-state index contributed by atoms with van der Waals surface area (Å²) >= 11 is 5.40. The van der Waals surface area contributed by atoms with Crippen molar-refractivity contribution in [3.63, 3.8) is 0 Å². The van der Waals surface area contributed by atoms with Gasteiger partial charge in [0.15, 0.2) is 0 Å². The Balaban J connectivity index is 1.66. The lowest BCUT2D eigenvalue weighted by Crippen LogP contribution is -2.29. The van der Waals surface area contributed by atoms with Crippen molar-refractivity contribution in [2.24, 2.45) is 17.8 Å². The molecular weight excluding hydrogens is 296 g/mol. The molecule has 0 radical (unpaired) electrons. The van der Waals surface area contributed by atoms with Gasteiger partial charge in [0.25, 0.3) is 0 Å². The molecule has 0 aromatic carbocycles. The molecule has 0 unspecified atom stereocenters. The van der Waals surface area contributed by atoms with Gasteiger partial charge in [0.1, 0.15) is 6.10 Å². The van der Waals surface area contributed by atoms with Crippen molar-refractivity contribution in [1.82, 2.24) is 0 Å². The highest BCUT2D eigenvalue weighted by Gasteiger charge is 2.31. The molecule has 2 rings (SSSR count). The zero-order valence-electron chi connectivity index (χ0n) is 13.9. The van der Waals surface area contributed by atoms with Crippen LogP contribution in [-0.2, 0) is 9.53 Å². The van der Waals surface area contributed by atoms with Gasteiger partial charge in [0.2, 0.25) is 0 Å². The smallest absolute Gasteiger partial charge is 0.331 e. The molecule has 2 saturated carbocycles. The van der Waals surface area contributed by atoms with Gasteiger partial charge in [-0.1, -0.05) is 50.6 Å². The van der Waals surface area contributed by atoms with E-state index in [1.807, 2.05) is 0 Å². The minimum absolute atomic E-state index is 0.109. The third-order valence-electron chi connectivity index (χ3n) is 5.72. The molecule has 0 amide bonds. The zero-order valence-corrected chi connectivity index (χ0v) is 14.7. The van der Waals surface area contributed by atoms with E-state index in [-0.39, 0.29) is 12.1 Å². The minimum atomic E-state index is -0.296. The number of halogens is 1. The molecule has 0 atom stereocenters. The van der Waals surface area contributed by atoms with Crippen molar-refractivity contribution in [3.8, 4) is 0 Å². The van der Waals surface area contributed by atoms with E-state index in [2.05, 4.69) is 6.92 Å². The molecule has 0 saturated heterocycles. The monoisotopic (exact) mass is 326 g/mol. The molecule has 2 nitrogen and oxygen atoms in total. The Kier molecular flexibility index (Phi) is 7.79. The number of hydrogen-bond acceptors (Lipinski definition) is 2. The van der Waals surface area contributed by atoms with Gasteiger partial charge in [0.05, 0.1) is 0 Å². The fourth-order valence-corrected chi connectivity index (χ4v) is 4.48. The molecule has 126 valence electrons. The van der Waals surface area contributed by atoms with Crippen molar-refractivity contribution in [1.29, 1.82) is 0 Å². The average molecular weight is 327 g/mol. The number of ether oxygens (including phenoxy) is 1. The first-order valence-electron chi connectivity index (χ1n) is 9.20. The highest BCUT2D eigenvalue weighted by atomic mass is 35.5. The molecule has 2 aliphatic carbocycles. The molecule has 2 aliphatic rings. The van der Waals surface area contributed by atoms with Crippen LogP contribution in [0.25, 0.3) is 0 Å². The van der Waals surface area contributed by atoms with E-state index >= 15 is 0 Å². The summed E-state index contributed by atoms with van der Waals surface area (Å²) in [6, 6.07) is 0. The summed E-state index contributed by atoms with van der Waals surface area (Å²) in [5, 5.41) is 0. The Morgan fingerprint density at radius 3 is 2.18 bits per heavy atom. The van der Waals surface area contributed by atoms with Crippen molar-refractivity contribution >= 4 is 17.6 Å². The van der Waals surface area contributed by atoms with E-state index in [0.29, 0.717) is 0 Å². The van der Waals surface area contributed by atoms with E-state index in [0.717, 1.165) is 30.6 Å². The Hall–Kier alpha value is -0.500. The second-order valence-corrected chi connectivity index (χ2v) is 7.44. The van der Waals surface area contributed by atoms with Crippen molar-refractivity contribution in [3.05, 3.63) is 11.6 Å². The van der Waals surface area contributed by atoms with E-state index in [9.17, 15) is 4.79 Å². The fourth-order valence-electron chi connectivity index (χ4n) is 4.37. The lowest BCUT2D eigenvalue weighted by molar-refractivity contribution is -0.145. The van der Waals surface area contributed by atoms with Crippen LogP contribution in [0.5, 0.6) is 0 Å². The summed E-state index contributed by atoms with van der Waals surface area (Å²) in [5.74, 6) is 2.49. The first kappa shape index (κ1) is 17.8. The molecular formula is C19H31ClO2. The predicted octanol–water partition coefficient (Wildman–Crippen LogP) is 5.84. The van der Waals surface area contributed by atoms with Crippen LogP contribution in [-0.4, -0.2) is 12.1 Å². The van der Waals surface area contributed by atoms with Crippen LogP contribution in [0.3, 0.4) is 0 Å². The number of unbranched alkanes of at least 4 members (excludes halogenated alkanes) is 1. The Morgan fingerprint density at radius 2 is 1.64 bits per heavy atom. The lowest BCUT2D eigenvalue weighted by atomic mass is 9.70. The van der Waals surface area contributed by atoms with Crippen molar-refractivity contribution in [2.75, 3.05) is 0 Å². The predicted molar refractivity (Wildman–Crippen MR) is 91.8 cm³/mol. The van der Waals surface area contributed by atoms with Crippen LogP contribution in [0.1, 0.15) is 77.6 Å². The highest BCUT2D eigenvalue weighted by molar-refractivity contribution is 6.26. The van der Waals surface area contributed by atoms with Gasteiger partial charge >= 0.3 is 5.97 Å². The second kappa shape index (κ2) is 9.60. The third-order valence-corrected chi connectivity index (χ3v) is 5.85. The number of rotatable bonds is 6. The topological polar surface area (TPSA) is 26.3 Å². The second-order valence-electron chi connectivity index (χ2n) is 7.19. The summed E-state index contributed by atoms with van der Waals surface area (Å²) < 4.78 is 5.42. The number of carbonyl (C=O) groups is 1. The summed E-state index contributed by atoms with van der Waals surface area (Å²) in [7, 11) is 0. The van der Waals surface area contributed by atoms with Gasteiger partial charge in [-0.2, -0.15) is 0 Å². The lowest BCUT2D eigenvalue weighted by Gasteiger charge is -2.37. The summed E-state index contributed by atoms with van der Waals surface area (Å²) in [5.41, 5.74) is 1.23. The molecule has 0 aromatic rings. The normalized spacial score (nSPS) is 33.0. The fraction of sp³-hybridized carbons (Fsp3) is 0.842. The number of carbonyl (C=O) groups excluding carboxylic acids is 1. The Bertz CT molecular complexity index is 350. The van der Waals surface area contributed by atoms with E-state index in [4.69, 9.17) is 16.3 Å². The van der Waals surface area contributed by atoms with Gasteiger partial charge in [-0.05, 0) is 56.3 Å². The first-order chi connectivity index (χ1) is 10.7. The average Bonchev–Trinajstić information content (AvgIpc) is 2.54. The van der Waals surface area contributed by atoms with Crippen molar-refractivity contribution < 1.29 is 9.53 Å². The maximum absolute atomic E-state index is 11.4. The molecule has 0 heterocycles. The van der Waals surface area contributed by atoms with Crippen LogP contribution in [0.15, 0.2) is 11.6 Å². The summed E-state index contributed by atoms with van der Waals surface area (Å²) in [6.45, 7) is 2.29. The van der Waals surface area contributed by atoms with Crippen LogP contribution in [0, 0.1) is 17.8 Å². The standard InChI is InChI=1S/C19H31ClO2/c1-2-3-4-15-5-7-16(8-6-15)17-9-11-18(12-10-17)22-19(21)13-14-20/h13-18H,2-12H2,1H3. The SMILES string of the molecule is CCCCC1CCC(C2CCC(OC(=O)C=CCl)CC2)CC1. The molecule has 22 heavy (non-hydrogen) atoms. The van der Waals surface area contributed by atoms with E-state index < -0.39 is 0 Å². The zero-order chi connectivity index (χ0) is 15.8. The van der Waals surface area contributed by atoms with E-state index in [1.165, 1.54) is 69.4 Å². The molecule has 0 N–H and O–H groups in total. The third kappa shape index (κ3) is 5.61. The van der Waals surface area contributed by atoms with Gasteiger partial charge in [-0.15, -0.1) is 0 Å². The summed E-state index contributed by atoms with van der Waals surface area (Å²) in [6.07, 6.45) is 15.9. The van der Waals surface area contributed by atoms with Gasteiger partial charge in [-0.3, -0.25) is 0 Å². The minimum Gasteiger partial charge on any atom is -0.459 e. The van der Waals surface area contributed by atoms with Gasteiger partial charge < -0.3 is 4.74 Å². The maximum Gasteiger partial charge on any atom is 0.331 e. The molecule has 3 heteroatoms. The quantitative estimate of drug-likeness (QED) is 0.453. The van der Waals surface area contributed by atoms with Crippen LogP contribution in [0.2, 0.25) is 0 Å². The molecule has 0 aliphatic heterocycles. The first-order valence-corrected chi connectivity index (χ1v) is 9.64. The van der Waals surface area contributed by atoms with Gasteiger partial charge in [0, 0.05) is 11.6 Å². The molecule has 0 spiro atoms. The van der Waals surface area contributed by atoms with Crippen LogP contribution in [0.4, 0.5) is 0 Å². The largest absolute Gasteiger partial charge is 0.459 e. The Morgan fingerprint density at radius 1 is 1.05 bits per heavy atom. The molecule has 0 bridgehead atoms. The van der Waals surface area contributed by atoms with E-state index in [1.54, 1.807) is 0 Å². The van der Waals surface area contributed by atoms with Gasteiger partial charge in [-0.25, -0.2) is 4.79 Å². The highest BCUT2D eigenvalue weighted by Crippen LogP contribution is 2.41. The summed E-state index contributed by atoms with van der Waals surface area (Å²) in [4.78, 5) is 11.4. The Labute approximate surface area is 140 Å². The molecule has 2 fully saturated rings. The van der Waals surface area contributed by atoms with Crippen LogP contribution < -0.4 is 0 Å². The molecule has 0 aromatic heterocycles.